The summed E-state index contributed by atoms with van der Waals surface area (Å²) in [5.74, 6) is 0.426. The number of nitrogens with one attached hydrogen (secondary N) is 1. The maximum Gasteiger partial charge on any atom is 0.255 e. The summed E-state index contributed by atoms with van der Waals surface area (Å²) >= 11 is 9.49. The number of benzene rings is 2. The Hall–Kier alpha value is -1.52. The van der Waals surface area contributed by atoms with Crippen molar-refractivity contribution < 1.29 is 9.53 Å². The predicted octanol–water partition coefficient (Wildman–Crippen LogP) is 5.06. The molecule has 21 heavy (non-hydrogen) atoms. The number of rotatable bonds is 4. The molecule has 0 radical (unpaired) electrons. The Kier molecular flexibility index (Phi) is 5.26. The van der Waals surface area contributed by atoms with Gasteiger partial charge in [-0.15, -0.1) is 0 Å². The van der Waals surface area contributed by atoms with Gasteiger partial charge in [-0.2, -0.15) is 0 Å². The fourth-order valence-electron chi connectivity index (χ4n) is 1.92. The van der Waals surface area contributed by atoms with E-state index in [2.05, 4.69) is 21.2 Å². The summed E-state index contributed by atoms with van der Waals surface area (Å²) in [6, 6.07) is 10.7. The zero-order chi connectivity index (χ0) is 15.4. The Balaban J connectivity index is 2.17. The molecule has 0 atom stereocenters. The number of aryl methyl sites for hydroxylation is 1. The van der Waals surface area contributed by atoms with Crippen LogP contribution in [-0.4, -0.2) is 12.5 Å². The molecule has 3 nitrogen and oxygen atoms in total. The van der Waals surface area contributed by atoms with E-state index in [1.807, 2.05) is 26.0 Å². The number of carbonyl (C=O) groups is 1. The van der Waals surface area contributed by atoms with Crippen molar-refractivity contribution in [2.24, 2.45) is 0 Å². The Labute approximate surface area is 137 Å². The highest BCUT2D eigenvalue weighted by Gasteiger charge is 2.09. The van der Waals surface area contributed by atoms with E-state index in [9.17, 15) is 4.79 Å². The minimum absolute atomic E-state index is 0.181. The molecule has 0 unspecified atom stereocenters. The molecule has 0 aliphatic heterocycles. The van der Waals surface area contributed by atoms with E-state index in [1.165, 1.54) is 0 Å². The second-order valence-corrected chi connectivity index (χ2v) is 5.87. The molecule has 2 aromatic rings. The molecule has 0 heterocycles. The minimum atomic E-state index is -0.181. The molecule has 0 aromatic heterocycles. The fraction of sp³-hybridized carbons (Fsp3) is 0.188. The number of hydrogen-bond acceptors (Lipinski definition) is 2. The van der Waals surface area contributed by atoms with Gasteiger partial charge in [-0.3, -0.25) is 4.79 Å². The summed E-state index contributed by atoms with van der Waals surface area (Å²) in [4.78, 5) is 12.2. The van der Waals surface area contributed by atoms with Crippen molar-refractivity contribution in [3.63, 3.8) is 0 Å². The summed E-state index contributed by atoms with van der Waals surface area (Å²) in [5.41, 5.74) is 2.23. The molecule has 0 spiro atoms. The molecule has 110 valence electrons. The van der Waals surface area contributed by atoms with E-state index in [4.69, 9.17) is 16.3 Å². The van der Waals surface area contributed by atoms with Crippen molar-refractivity contribution in [3.8, 4) is 5.75 Å². The molecule has 0 saturated heterocycles. The van der Waals surface area contributed by atoms with Gasteiger partial charge in [0.2, 0.25) is 0 Å². The first-order chi connectivity index (χ1) is 9.99. The van der Waals surface area contributed by atoms with Crippen molar-refractivity contribution in [2.75, 3.05) is 11.9 Å². The largest absolute Gasteiger partial charge is 0.492 e. The van der Waals surface area contributed by atoms with Crippen molar-refractivity contribution in [1.29, 1.82) is 0 Å². The smallest absolute Gasteiger partial charge is 0.255 e. The monoisotopic (exact) mass is 367 g/mol. The lowest BCUT2D eigenvalue weighted by molar-refractivity contribution is 0.102. The topological polar surface area (TPSA) is 38.3 Å². The lowest BCUT2D eigenvalue weighted by atomic mass is 10.1. The number of hydrogen-bond donors (Lipinski definition) is 1. The number of anilines is 1. The molecule has 0 aliphatic carbocycles. The first-order valence-corrected chi connectivity index (χ1v) is 7.67. The molecule has 2 aromatic carbocycles. The maximum atomic E-state index is 12.2. The van der Waals surface area contributed by atoms with E-state index in [-0.39, 0.29) is 5.91 Å². The molecule has 0 saturated carbocycles. The van der Waals surface area contributed by atoms with Gasteiger partial charge in [0.15, 0.2) is 0 Å². The third-order valence-corrected chi connectivity index (χ3v) is 3.55. The van der Waals surface area contributed by atoms with Gasteiger partial charge >= 0.3 is 0 Å². The third kappa shape index (κ3) is 4.22. The van der Waals surface area contributed by atoms with E-state index < -0.39 is 0 Å². The number of carbonyl (C=O) groups excluding carboxylic acids is 1. The molecule has 1 amide bonds. The third-order valence-electron chi connectivity index (χ3n) is 2.79. The Morgan fingerprint density at radius 1 is 1.29 bits per heavy atom. The summed E-state index contributed by atoms with van der Waals surface area (Å²) in [6.07, 6.45) is 0. The summed E-state index contributed by atoms with van der Waals surface area (Å²) < 4.78 is 6.23. The van der Waals surface area contributed by atoms with Crippen LogP contribution in [0.2, 0.25) is 5.02 Å². The first-order valence-electron chi connectivity index (χ1n) is 6.50. The second kappa shape index (κ2) is 6.96. The van der Waals surface area contributed by atoms with E-state index in [1.54, 1.807) is 24.3 Å². The normalized spacial score (nSPS) is 10.3. The molecule has 0 fully saturated rings. The zero-order valence-electron chi connectivity index (χ0n) is 11.7. The Bertz CT molecular complexity index is 653. The van der Waals surface area contributed by atoms with Crippen LogP contribution in [0.25, 0.3) is 0 Å². The first kappa shape index (κ1) is 15.9. The lowest BCUT2D eigenvalue weighted by Crippen LogP contribution is -2.12. The highest BCUT2D eigenvalue weighted by atomic mass is 79.9. The number of ether oxygens (including phenoxy) is 1. The molecular formula is C16H15BrClNO2. The molecule has 1 N–H and O–H groups in total. The molecule has 0 bridgehead atoms. The Morgan fingerprint density at radius 2 is 2.05 bits per heavy atom. The highest BCUT2D eigenvalue weighted by molar-refractivity contribution is 9.10. The van der Waals surface area contributed by atoms with Gasteiger partial charge in [0, 0.05) is 15.7 Å². The van der Waals surface area contributed by atoms with Crippen LogP contribution in [0.3, 0.4) is 0 Å². The van der Waals surface area contributed by atoms with Gasteiger partial charge in [0.1, 0.15) is 5.75 Å². The Morgan fingerprint density at radius 3 is 2.67 bits per heavy atom. The van der Waals surface area contributed by atoms with Crippen LogP contribution in [0.5, 0.6) is 5.75 Å². The van der Waals surface area contributed by atoms with Gasteiger partial charge in [-0.1, -0.05) is 27.5 Å². The van der Waals surface area contributed by atoms with Crippen LogP contribution < -0.4 is 10.1 Å². The molecule has 5 heteroatoms. The average Bonchev–Trinajstić information content (AvgIpc) is 2.41. The van der Waals surface area contributed by atoms with Crippen LogP contribution in [0.15, 0.2) is 40.9 Å². The predicted molar refractivity (Wildman–Crippen MR) is 89.5 cm³/mol. The lowest BCUT2D eigenvalue weighted by Gasteiger charge is -2.10. The zero-order valence-corrected chi connectivity index (χ0v) is 14.1. The number of amides is 1. The fourth-order valence-corrected chi connectivity index (χ4v) is 2.76. The minimum Gasteiger partial charge on any atom is -0.492 e. The SMILES string of the molecule is CCOc1ccc(NC(=O)c2cc(C)cc(Br)c2)cc1Cl. The van der Waals surface area contributed by atoms with Gasteiger partial charge in [0.05, 0.1) is 11.6 Å². The van der Waals surface area contributed by atoms with Crippen LogP contribution in [-0.2, 0) is 0 Å². The van der Waals surface area contributed by atoms with Crippen LogP contribution in [0, 0.1) is 6.92 Å². The molecule has 2 rings (SSSR count). The van der Waals surface area contributed by atoms with Crippen LogP contribution in [0.4, 0.5) is 5.69 Å². The van der Waals surface area contributed by atoms with Crippen LogP contribution in [0.1, 0.15) is 22.8 Å². The van der Waals surface area contributed by atoms with Gasteiger partial charge in [-0.05, 0) is 55.8 Å². The van der Waals surface area contributed by atoms with Gasteiger partial charge in [-0.25, -0.2) is 0 Å². The van der Waals surface area contributed by atoms with Crippen LogP contribution >= 0.6 is 27.5 Å². The van der Waals surface area contributed by atoms with E-state index in [0.29, 0.717) is 28.6 Å². The molecular weight excluding hydrogens is 354 g/mol. The quantitative estimate of drug-likeness (QED) is 0.819. The van der Waals surface area contributed by atoms with Gasteiger partial charge in [0.25, 0.3) is 5.91 Å². The van der Waals surface area contributed by atoms with Crippen molar-refractivity contribution in [1.82, 2.24) is 0 Å². The summed E-state index contributed by atoms with van der Waals surface area (Å²) in [7, 11) is 0. The van der Waals surface area contributed by atoms with Crippen molar-refractivity contribution in [2.45, 2.75) is 13.8 Å². The maximum absolute atomic E-state index is 12.2. The van der Waals surface area contributed by atoms with Gasteiger partial charge < -0.3 is 10.1 Å². The van der Waals surface area contributed by atoms with Crippen molar-refractivity contribution in [3.05, 3.63) is 57.0 Å². The summed E-state index contributed by atoms with van der Waals surface area (Å²) in [5, 5.41) is 3.30. The summed E-state index contributed by atoms with van der Waals surface area (Å²) in [6.45, 7) is 4.37. The highest BCUT2D eigenvalue weighted by Crippen LogP contribution is 2.28. The van der Waals surface area contributed by atoms with E-state index >= 15 is 0 Å². The van der Waals surface area contributed by atoms with Crippen molar-refractivity contribution >= 4 is 39.1 Å². The number of halogens is 2. The second-order valence-electron chi connectivity index (χ2n) is 4.55. The molecule has 0 aliphatic rings. The average molecular weight is 369 g/mol. The van der Waals surface area contributed by atoms with E-state index in [0.717, 1.165) is 10.0 Å². The standard InChI is InChI=1S/C16H15BrClNO2/c1-3-21-15-5-4-13(9-14(15)18)19-16(20)11-6-10(2)7-12(17)8-11/h4-9H,3H2,1-2H3,(H,19,20).